The molecule has 3 rings (SSSR count). The van der Waals surface area contributed by atoms with Crippen molar-refractivity contribution in [3.63, 3.8) is 0 Å². The molecule has 0 atom stereocenters. The third kappa shape index (κ3) is 4.43. The minimum Gasteiger partial charge on any atom is -0.465 e. The summed E-state index contributed by atoms with van der Waals surface area (Å²) in [6, 6.07) is 8.37. The van der Waals surface area contributed by atoms with Crippen molar-refractivity contribution >= 4 is 29.9 Å². The highest BCUT2D eigenvalue weighted by molar-refractivity contribution is 5.93. The fourth-order valence-corrected chi connectivity index (χ4v) is 2.90. The number of nitrogens with zero attached hydrogens (tertiary/aromatic N) is 4. The Hall–Kier alpha value is -3.49. The van der Waals surface area contributed by atoms with E-state index < -0.39 is 5.97 Å². The number of aromatic nitrogens is 2. The molecule has 2 heterocycles. The van der Waals surface area contributed by atoms with Crippen molar-refractivity contribution in [3.8, 4) is 0 Å². The first kappa shape index (κ1) is 19.3. The summed E-state index contributed by atoms with van der Waals surface area (Å²) in [5.41, 5.74) is 1.91. The number of methoxy groups -OCH3 is 1. The van der Waals surface area contributed by atoms with Gasteiger partial charge in [-0.15, -0.1) is 0 Å². The van der Waals surface area contributed by atoms with E-state index in [-0.39, 0.29) is 17.5 Å². The summed E-state index contributed by atoms with van der Waals surface area (Å²) in [5.74, 6) is -0.390. The second-order valence-electron chi connectivity index (χ2n) is 6.35. The van der Waals surface area contributed by atoms with Crippen LogP contribution in [0.3, 0.4) is 0 Å². The highest BCUT2D eigenvalue weighted by Gasteiger charge is 2.23. The molecule has 1 aliphatic heterocycles. The molecular weight excluding hydrogens is 362 g/mol. The number of nitrogens with one attached hydrogen (secondary N) is 1. The van der Waals surface area contributed by atoms with Gasteiger partial charge in [0.15, 0.2) is 0 Å². The normalized spacial score (nSPS) is 13.8. The fraction of sp³-hybridized carbons (Fsp3) is 0.316. The van der Waals surface area contributed by atoms with E-state index in [9.17, 15) is 14.4 Å². The highest BCUT2D eigenvalue weighted by Crippen LogP contribution is 2.17. The average Bonchev–Trinajstić information content (AvgIpc) is 2.72. The van der Waals surface area contributed by atoms with E-state index >= 15 is 0 Å². The fourth-order valence-electron chi connectivity index (χ4n) is 2.90. The first-order valence-corrected chi connectivity index (χ1v) is 8.80. The summed E-state index contributed by atoms with van der Waals surface area (Å²) in [6.45, 7) is 3.71. The van der Waals surface area contributed by atoms with Crippen LogP contribution in [0.25, 0.3) is 0 Å². The molecule has 9 heteroatoms. The van der Waals surface area contributed by atoms with Gasteiger partial charge in [0.25, 0.3) is 5.91 Å². The molecule has 1 fully saturated rings. The monoisotopic (exact) mass is 383 g/mol. The summed E-state index contributed by atoms with van der Waals surface area (Å²) in [6.07, 6.45) is 0.793. The number of amides is 2. The molecule has 0 radical (unpaired) electrons. The molecule has 0 bridgehead atoms. The maximum atomic E-state index is 12.8. The van der Waals surface area contributed by atoms with Crippen LogP contribution in [0.1, 0.15) is 26.5 Å². The Balaban J connectivity index is 1.77. The number of esters is 1. The number of aryl methyl sites for hydroxylation is 1. The van der Waals surface area contributed by atoms with Gasteiger partial charge >= 0.3 is 5.97 Å². The Morgan fingerprint density at radius 2 is 1.89 bits per heavy atom. The van der Waals surface area contributed by atoms with E-state index in [1.54, 1.807) is 47.1 Å². The van der Waals surface area contributed by atoms with Gasteiger partial charge in [-0.25, -0.2) is 14.8 Å². The van der Waals surface area contributed by atoms with Crippen LogP contribution in [-0.2, 0) is 9.53 Å². The predicted octanol–water partition coefficient (Wildman–Crippen LogP) is 1.23. The molecule has 2 amide bonds. The molecule has 9 nitrogen and oxygen atoms in total. The van der Waals surface area contributed by atoms with Gasteiger partial charge in [0.05, 0.1) is 12.7 Å². The Morgan fingerprint density at radius 1 is 1.14 bits per heavy atom. The van der Waals surface area contributed by atoms with Crippen molar-refractivity contribution in [3.05, 3.63) is 47.3 Å². The molecule has 1 aromatic carbocycles. The van der Waals surface area contributed by atoms with Crippen LogP contribution >= 0.6 is 0 Å². The van der Waals surface area contributed by atoms with Gasteiger partial charge in [-0.1, -0.05) is 6.07 Å². The van der Waals surface area contributed by atoms with E-state index in [4.69, 9.17) is 4.74 Å². The molecule has 1 aliphatic rings. The van der Waals surface area contributed by atoms with E-state index in [0.29, 0.717) is 43.1 Å². The standard InChI is InChI=1S/C19H21N5O4/c1-13-10-16(17(26)24-8-6-23(12-25)7-9-24)22-19(20-13)21-15-5-3-4-14(11-15)18(27)28-2/h3-5,10-12H,6-9H2,1-2H3,(H,20,21,22). The quantitative estimate of drug-likeness (QED) is 0.611. The van der Waals surface area contributed by atoms with Gasteiger partial charge in [0.2, 0.25) is 12.4 Å². The molecule has 0 aliphatic carbocycles. The largest absolute Gasteiger partial charge is 0.465 e. The van der Waals surface area contributed by atoms with Crippen LogP contribution < -0.4 is 5.32 Å². The van der Waals surface area contributed by atoms with Gasteiger partial charge in [-0.2, -0.15) is 0 Å². The van der Waals surface area contributed by atoms with E-state index in [1.807, 2.05) is 0 Å². The molecular formula is C19H21N5O4. The number of ether oxygens (including phenoxy) is 1. The molecule has 146 valence electrons. The molecule has 1 saturated heterocycles. The lowest BCUT2D eigenvalue weighted by Gasteiger charge is -2.32. The Morgan fingerprint density at radius 3 is 2.57 bits per heavy atom. The first-order valence-electron chi connectivity index (χ1n) is 8.80. The van der Waals surface area contributed by atoms with Crippen molar-refractivity contribution in [2.75, 3.05) is 38.6 Å². The highest BCUT2D eigenvalue weighted by atomic mass is 16.5. The van der Waals surface area contributed by atoms with E-state index in [1.165, 1.54) is 7.11 Å². The number of piperazine rings is 1. The topological polar surface area (TPSA) is 105 Å². The van der Waals surface area contributed by atoms with Crippen LogP contribution in [0.2, 0.25) is 0 Å². The number of rotatable bonds is 5. The molecule has 0 saturated carbocycles. The summed E-state index contributed by atoms with van der Waals surface area (Å²) in [4.78, 5) is 47.2. The van der Waals surface area contributed by atoms with Gasteiger partial charge in [0, 0.05) is 37.6 Å². The summed E-state index contributed by atoms with van der Waals surface area (Å²) >= 11 is 0. The summed E-state index contributed by atoms with van der Waals surface area (Å²) in [7, 11) is 1.32. The van der Waals surface area contributed by atoms with Crippen molar-refractivity contribution in [2.24, 2.45) is 0 Å². The lowest BCUT2D eigenvalue weighted by Crippen LogP contribution is -2.48. The number of carbonyl (C=O) groups excluding carboxylic acids is 3. The molecule has 2 aromatic rings. The molecule has 1 aromatic heterocycles. The molecule has 0 unspecified atom stereocenters. The summed E-state index contributed by atoms with van der Waals surface area (Å²) in [5, 5.41) is 3.02. The average molecular weight is 383 g/mol. The van der Waals surface area contributed by atoms with Gasteiger partial charge in [-0.3, -0.25) is 9.59 Å². The smallest absolute Gasteiger partial charge is 0.337 e. The number of anilines is 2. The van der Waals surface area contributed by atoms with Crippen LogP contribution in [0.5, 0.6) is 0 Å². The first-order chi connectivity index (χ1) is 13.5. The van der Waals surface area contributed by atoms with Crippen LogP contribution in [0, 0.1) is 6.92 Å². The summed E-state index contributed by atoms with van der Waals surface area (Å²) < 4.78 is 4.72. The van der Waals surface area contributed by atoms with Gasteiger partial charge in [-0.05, 0) is 31.2 Å². The second kappa shape index (κ2) is 8.47. The number of hydrogen-bond donors (Lipinski definition) is 1. The lowest BCUT2D eigenvalue weighted by molar-refractivity contribution is -0.119. The van der Waals surface area contributed by atoms with Crippen molar-refractivity contribution in [2.45, 2.75) is 6.92 Å². The third-order valence-corrected chi connectivity index (χ3v) is 4.36. The lowest BCUT2D eigenvalue weighted by atomic mass is 10.2. The minimum absolute atomic E-state index is 0.206. The number of carbonyl (C=O) groups is 3. The number of hydrogen-bond acceptors (Lipinski definition) is 7. The Kier molecular flexibility index (Phi) is 5.83. The third-order valence-electron chi connectivity index (χ3n) is 4.36. The Bertz CT molecular complexity index is 894. The SMILES string of the molecule is COC(=O)c1cccc(Nc2nc(C)cc(C(=O)N3CCN(C=O)CC3)n2)c1. The van der Waals surface area contributed by atoms with E-state index in [0.717, 1.165) is 6.41 Å². The minimum atomic E-state index is -0.445. The van der Waals surface area contributed by atoms with Crippen LogP contribution in [-0.4, -0.2) is 71.3 Å². The van der Waals surface area contributed by atoms with Crippen molar-refractivity contribution < 1.29 is 19.1 Å². The zero-order valence-electron chi connectivity index (χ0n) is 15.7. The van der Waals surface area contributed by atoms with E-state index in [2.05, 4.69) is 15.3 Å². The van der Waals surface area contributed by atoms with Crippen molar-refractivity contribution in [1.29, 1.82) is 0 Å². The maximum Gasteiger partial charge on any atom is 0.337 e. The maximum absolute atomic E-state index is 12.8. The zero-order chi connectivity index (χ0) is 20.1. The number of benzene rings is 1. The molecule has 1 N–H and O–H groups in total. The Labute approximate surface area is 162 Å². The predicted molar refractivity (Wildman–Crippen MR) is 101 cm³/mol. The van der Waals surface area contributed by atoms with Gasteiger partial charge in [0.1, 0.15) is 5.69 Å². The molecule has 0 spiro atoms. The molecule has 28 heavy (non-hydrogen) atoms. The second-order valence-corrected chi connectivity index (χ2v) is 6.35. The van der Waals surface area contributed by atoms with Crippen LogP contribution in [0.15, 0.2) is 30.3 Å². The van der Waals surface area contributed by atoms with Crippen molar-refractivity contribution in [1.82, 2.24) is 19.8 Å². The van der Waals surface area contributed by atoms with Gasteiger partial charge < -0.3 is 19.9 Å². The van der Waals surface area contributed by atoms with Crippen LogP contribution in [0.4, 0.5) is 11.6 Å². The zero-order valence-corrected chi connectivity index (χ0v) is 15.7.